The average Bonchev–Trinajstić information content (AvgIpc) is 2.82. The Bertz CT molecular complexity index is 775. The number of fused-ring (bicyclic) bond motifs is 1. The number of halogens is 1. The van der Waals surface area contributed by atoms with Gasteiger partial charge in [0.25, 0.3) is 0 Å². The maximum absolute atomic E-state index is 12.2. The second-order valence-electron chi connectivity index (χ2n) is 9.00. The minimum Gasteiger partial charge on any atom is -0.379 e. The van der Waals surface area contributed by atoms with Crippen LogP contribution in [0.2, 0.25) is 0 Å². The largest absolute Gasteiger partial charge is 0.379 e. The second kappa shape index (κ2) is 12.2. The number of guanidine groups is 1. The summed E-state index contributed by atoms with van der Waals surface area (Å²) in [6, 6.07) is 8.10. The Morgan fingerprint density at radius 2 is 1.94 bits per heavy atom. The second-order valence-corrected chi connectivity index (χ2v) is 9.00. The maximum atomic E-state index is 12.2. The lowest BCUT2D eigenvalue weighted by Gasteiger charge is -2.47. The van der Waals surface area contributed by atoms with E-state index in [0.717, 1.165) is 51.0 Å². The number of para-hydroxylation sites is 1. The molecule has 2 aliphatic heterocycles. The van der Waals surface area contributed by atoms with Gasteiger partial charge in [0.1, 0.15) is 0 Å². The Morgan fingerprint density at radius 3 is 2.69 bits per heavy atom. The molecule has 4 rings (SSSR count). The first-order chi connectivity index (χ1) is 15.2. The van der Waals surface area contributed by atoms with Crippen LogP contribution in [-0.2, 0) is 9.53 Å². The highest BCUT2D eigenvalue weighted by atomic mass is 127. The third-order valence-electron chi connectivity index (χ3n) is 6.96. The van der Waals surface area contributed by atoms with E-state index >= 15 is 0 Å². The van der Waals surface area contributed by atoms with E-state index in [-0.39, 0.29) is 41.3 Å². The molecular weight excluding hydrogens is 517 g/mol. The van der Waals surface area contributed by atoms with E-state index in [2.05, 4.69) is 33.8 Å². The Hall–Kier alpha value is -1.39. The van der Waals surface area contributed by atoms with Crippen LogP contribution in [0.1, 0.15) is 56.9 Å². The molecule has 7 nitrogen and oxygen atoms in total. The number of anilines is 1. The summed E-state index contributed by atoms with van der Waals surface area (Å²) in [5.41, 5.74) is 2.28. The van der Waals surface area contributed by atoms with Gasteiger partial charge >= 0.3 is 0 Å². The molecule has 3 aliphatic rings. The summed E-state index contributed by atoms with van der Waals surface area (Å²) in [5.74, 6) is 1.08. The third-order valence-corrected chi connectivity index (χ3v) is 6.96. The number of hydrogen-bond acceptors (Lipinski definition) is 4. The highest BCUT2D eigenvalue weighted by Crippen LogP contribution is 2.35. The van der Waals surface area contributed by atoms with Crippen molar-refractivity contribution in [2.75, 3.05) is 51.3 Å². The van der Waals surface area contributed by atoms with Gasteiger partial charge in [-0.1, -0.05) is 37.5 Å². The number of hydrogen-bond donors (Lipinski definition) is 3. The van der Waals surface area contributed by atoms with Gasteiger partial charge < -0.3 is 20.7 Å². The molecule has 1 atom stereocenters. The van der Waals surface area contributed by atoms with Gasteiger partial charge in [-0.2, -0.15) is 0 Å². The lowest BCUT2D eigenvalue weighted by Crippen LogP contribution is -2.56. The lowest BCUT2D eigenvalue weighted by atomic mass is 9.80. The van der Waals surface area contributed by atoms with Crippen LogP contribution in [0, 0.1) is 0 Å². The van der Waals surface area contributed by atoms with Gasteiger partial charge in [0, 0.05) is 49.7 Å². The fraction of sp³-hybridized carbons (Fsp3) is 0.667. The van der Waals surface area contributed by atoms with Crippen LogP contribution in [0.3, 0.4) is 0 Å². The molecule has 0 spiro atoms. The van der Waals surface area contributed by atoms with Gasteiger partial charge in [-0.05, 0) is 31.4 Å². The number of morpholine rings is 1. The van der Waals surface area contributed by atoms with Gasteiger partial charge in [0.05, 0.1) is 19.8 Å². The van der Waals surface area contributed by atoms with Crippen molar-refractivity contribution in [2.45, 2.75) is 56.9 Å². The standard InChI is InChI=1S/C24H37N5O2.HI/c1-2-25-23(26-17-19-16-22(30)28-21-9-5-4-8-20(19)21)27-18-24(10-6-3-7-11-24)29-12-14-31-15-13-29;/h4-5,8-9,19H,2-3,6-7,10-18H2,1H3,(H,28,30)(H2,25,26,27);1H. The highest BCUT2D eigenvalue weighted by Gasteiger charge is 2.38. The van der Waals surface area contributed by atoms with Crippen LogP contribution in [0.4, 0.5) is 5.69 Å². The van der Waals surface area contributed by atoms with Crippen LogP contribution >= 0.6 is 24.0 Å². The van der Waals surface area contributed by atoms with Crippen LogP contribution in [0.5, 0.6) is 0 Å². The molecule has 0 radical (unpaired) electrons. The average molecular weight is 556 g/mol. The molecule has 1 aromatic rings. The van der Waals surface area contributed by atoms with E-state index < -0.39 is 0 Å². The zero-order valence-electron chi connectivity index (χ0n) is 19.2. The summed E-state index contributed by atoms with van der Waals surface area (Å²) in [6.07, 6.45) is 6.83. The van der Waals surface area contributed by atoms with E-state index in [1.54, 1.807) is 0 Å². The van der Waals surface area contributed by atoms with Crippen molar-refractivity contribution in [1.29, 1.82) is 0 Å². The topological polar surface area (TPSA) is 78.0 Å². The fourth-order valence-corrected chi connectivity index (χ4v) is 5.29. The van der Waals surface area contributed by atoms with Crippen molar-refractivity contribution in [3.05, 3.63) is 29.8 Å². The number of benzene rings is 1. The number of carbonyl (C=O) groups excluding carboxylic acids is 1. The number of amides is 1. The molecule has 1 saturated heterocycles. The number of ether oxygens (including phenoxy) is 1. The van der Waals surface area contributed by atoms with E-state index in [1.165, 1.54) is 37.7 Å². The molecule has 1 unspecified atom stereocenters. The zero-order valence-corrected chi connectivity index (χ0v) is 21.5. The summed E-state index contributed by atoms with van der Waals surface area (Å²) >= 11 is 0. The number of nitrogens with one attached hydrogen (secondary N) is 3. The molecular formula is C24H38IN5O2. The van der Waals surface area contributed by atoms with Gasteiger partial charge in [-0.15, -0.1) is 24.0 Å². The number of carbonyl (C=O) groups is 1. The van der Waals surface area contributed by atoms with Crippen LogP contribution < -0.4 is 16.0 Å². The highest BCUT2D eigenvalue weighted by molar-refractivity contribution is 14.0. The van der Waals surface area contributed by atoms with Crippen molar-refractivity contribution < 1.29 is 9.53 Å². The van der Waals surface area contributed by atoms with Crippen LogP contribution in [-0.4, -0.2) is 68.2 Å². The number of rotatable bonds is 6. The van der Waals surface area contributed by atoms with Crippen LogP contribution in [0.25, 0.3) is 0 Å². The van der Waals surface area contributed by atoms with Crippen molar-refractivity contribution in [2.24, 2.45) is 4.99 Å². The first-order valence-electron chi connectivity index (χ1n) is 11.9. The number of nitrogens with zero attached hydrogens (tertiary/aromatic N) is 2. The quantitative estimate of drug-likeness (QED) is 0.285. The first kappa shape index (κ1) is 25.2. The van der Waals surface area contributed by atoms with Gasteiger partial charge in [0.2, 0.25) is 5.91 Å². The first-order valence-corrected chi connectivity index (χ1v) is 11.9. The molecule has 1 saturated carbocycles. The lowest BCUT2D eigenvalue weighted by molar-refractivity contribution is -0.116. The Kier molecular flexibility index (Phi) is 9.61. The monoisotopic (exact) mass is 555 g/mol. The SMILES string of the molecule is CCNC(=NCC1(N2CCOCC2)CCCCC1)NCC1CC(=O)Nc2ccccc21.I. The molecule has 0 bridgehead atoms. The summed E-state index contributed by atoms with van der Waals surface area (Å²) in [4.78, 5) is 19.8. The fourth-order valence-electron chi connectivity index (χ4n) is 5.29. The molecule has 8 heteroatoms. The predicted molar refractivity (Wildman–Crippen MR) is 140 cm³/mol. The van der Waals surface area contributed by atoms with Crippen molar-refractivity contribution in [3.8, 4) is 0 Å². The van der Waals surface area contributed by atoms with Gasteiger partial charge in [-0.3, -0.25) is 14.7 Å². The van der Waals surface area contributed by atoms with Crippen molar-refractivity contribution in [1.82, 2.24) is 15.5 Å². The Labute approximate surface area is 209 Å². The summed E-state index contributed by atoms with van der Waals surface area (Å²) in [6.45, 7) is 8.09. The predicted octanol–water partition coefficient (Wildman–Crippen LogP) is 3.32. The smallest absolute Gasteiger partial charge is 0.225 e. The molecule has 0 aromatic heterocycles. The molecule has 1 aliphatic carbocycles. The van der Waals surface area contributed by atoms with E-state index in [0.29, 0.717) is 13.0 Å². The van der Waals surface area contributed by atoms with E-state index in [9.17, 15) is 4.79 Å². The van der Waals surface area contributed by atoms with Crippen molar-refractivity contribution in [3.63, 3.8) is 0 Å². The molecule has 32 heavy (non-hydrogen) atoms. The summed E-state index contributed by atoms with van der Waals surface area (Å²) in [7, 11) is 0. The Morgan fingerprint density at radius 1 is 1.19 bits per heavy atom. The minimum absolute atomic E-state index is 0. The van der Waals surface area contributed by atoms with Gasteiger partial charge in [0.15, 0.2) is 5.96 Å². The molecule has 2 heterocycles. The van der Waals surface area contributed by atoms with Crippen molar-refractivity contribution >= 4 is 41.5 Å². The molecule has 3 N–H and O–H groups in total. The normalized spacial score (nSPS) is 23.5. The van der Waals surface area contributed by atoms with E-state index in [1.807, 2.05) is 18.2 Å². The number of aliphatic imine (C=N–C) groups is 1. The molecule has 1 aromatic carbocycles. The zero-order chi connectivity index (χ0) is 21.5. The molecule has 178 valence electrons. The molecule has 1 amide bonds. The Balaban J connectivity index is 0.00000289. The van der Waals surface area contributed by atoms with Crippen LogP contribution in [0.15, 0.2) is 29.3 Å². The third kappa shape index (κ3) is 6.14. The van der Waals surface area contributed by atoms with Gasteiger partial charge in [-0.25, -0.2) is 0 Å². The summed E-state index contributed by atoms with van der Waals surface area (Å²) in [5, 5.41) is 9.92. The summed E-state index contributed by atoms with van der Waals surface area (Å²) < 4.78 is 5.61. The maximum Gasteiger partial charge on any atom is 0.225 e. The minimum atomic E-state index is 0. The van der Waals surface area contributed by atoms with E-state index in [4.69, 9.17) is 9.73 Å². The molecule has 2 fully saturated rings.